The van der Waals surface area contributed by atoms with Crippen LogP contribution in [0.2, 0.25) is 0 Å². The van der Waals surface area contributed by atoms with Crippen LogP contribution in [0.5, 0.6) is 0 Å². The van der Waals surface area contributed by atoms with Crippen molar-refractivity contribution in [1.82, 2.24) is 4.57 Å². The Morgan fingerprint density at radius 1 is 0.426 bits per heavy atom. The van der Waals surface area contributed by atoms with E-state index < -0.39 is 7.14 Å². The van der Waals surface area contributed by atoms with Gasteiger partial charge in [-0.25, -0.2) is 0 Å². The fourth-order valence-corrected chi connectivity index (χ4v) is 11.7. The van der Waals surface area contributed by atoms with E-state index >= 15 is 4.57 Å². The molecule has 0 N–H and O–H groups in total. The Bertz CT molecular complexity index is 3070. The lowest BCUT2D eigenvalue weighted by Gasteiger charge is -2.26. The fraction of sp³-hybridized carbons (Fsp3) is 0. The van der Waals surface area contributed by atoms with E-state index in [1.807, 2.05) is 36.4 Å². The molecule has 0 saturated carbocycles. The van der Waals surface area contributed by atoms with Gasteiger partial charge in [0, 0.05) is 55.0 Å². The summed E-state index contributed by atoms with van der Waals surface area (Å²) in [6, 6.07) is 70.6. The van der Waals surface area contributed by atoms with Crippen molar-refractivity contribution in [3.63, 3.8) is 0 Å². The van der Waals surface area contributed by atoms with Gasteiger partial charge in [-0.15, -0.1) is 0 Å². The fourth-order valence-electron chi connectivity index (χ4n) is 8.68. The van der Waals surface area contributed by atoms with Gasteiger partial charge in [-0.3, -0.25) is 0 Å². The maximum absolute atomic E-state index is 15.5. The minimum atomic E-state index is -3.11. The Labute approximate surface area is 313 Å². The first-order valence-corrected chi connectivity index (χ1v) is 20.1. The zero-order valence-electron chi connectivity index (χ0n) is 29.3. The molecular weight excluding hydrogens is 676 g/mol. The number of anilines is 3. The number of hydrogen-bond donors (Lipinski definition) is 0. The molecule has 1 unspecified atom stereocenters. The SMILES string of the molecule is O=P1(c2ccccc2)c2ccccc2-c2c1ccc1c3ccccc3n(-c3ccc(N(c4ccc5ccccc5c4)c4ccc5ccccc5c4)cc3)c21. The Kier molecular flexibility index (Phi) is 6.83. The molecule has 9 aromatic carbocycles. The first-order valence-electron chi connectivity index (χ1n) is 18.4. The molecule has 2 heterocycles. The smallest absolute Gasteiger partial charge is 0.172 e. The van der Waals surface area contributed by atoms with Crippen LogP contribution in [0.3, 0.4) is 0 Å². The van der Waals surface area contributed by atoms with Crippen molar-refractivity contribution >= 4 is 83.5 Å². The molecule has 4 heteroatoms. The van der Waals surface area contributed by atoms with Crippen molar-refractivity contribution in [3.8, 4) is 16.8 Å². The third-order valence-corrected chi connectivity index (χ3v) is 14.3. The summed E-state index contributed by atoms with van der Waals surface area (Å²) in [5, 5.41) is 9.83. The van der Waals surface area contributed by atoms with Crippen LogP contribution < -0.4 is 20.8 Å². The molecule has 54 heavy (non-hydrogen) atoms. The standard InChI is InChI=1S/C50H33N2OP/c53-54(42-16-2-1-3-17-42)47-21-11-9-19-45(47)49-48(54)31-30-44-43-18-8-10-20-46(43)52(50(44)49)39-28-26-38(27-29-39)51(40-24-22-34-12-4-6-14-36(34)32-40)41-25-23-35-13-5-7-15-37(35)33-41/h1-33H. The van der Waals surface area contributed by atoms with Gasteiger partial charge >= 0.3 is 0 Å². The number of rotatable bonds is 5. The zero-order chi connectivity index (χ0) is 35.8. The minimum Gasteiger partial charge on any atom is -0.310 e. The van der Waals surface area contributed by atoms with Crippen LogP contribution >= 0.6 is 7.14 Å². The Morgan fingerprint density at radius 2 is 1.00 bits per heavy atom. The van der Waals surface area contributed by atoms with Gasteiger partial charge in [0.2, 0.25) is 0 Å². The largest absolute Gasteiger partial charge is 0.310 e. The Balaban J connectivity index is 1.13. The summed E-state index contributed by atoms with van der Waals surface area (Å²) in [5.74, 6) is 0. The van der Waals surface area contributed by atoms with Crippen LogP contribution in [0, 0.1) is 0 Å². The quantitative estimate of drug-likeness (QED) is 0.166. The van der Waals surface area contributed by atoms with Crippen LogP contribution in [-0.4, -0.2) is 4.57 Å². The highest BCUT2D eigenvalue weighted by Crippen LogP contribution is 2.54. The average molecular weight is 709 g/mol. The minimum absolute atomic E-state index is 0.866. The highest BCUT2D eigenvalue weighted by Gasteiger charge is 2.41. The highest BCUT2D eigenvalue weighted by molar-refractivity contribution is 7.86. The van der Waals surface area contributed by atoms with Gasteiger partial charge in [0.25, 0.3) is 0 Å². The number of benzene rings is 9. The Hall–Kier alpha value is -6.67. The van der Waals surface area contributed by atoms with Gasteiger partial charge < -0.3 is 14.0 Å². The monoisotopic (exact) mass is 708 g/mol. The van der Waals surface area contributed by atoms with E-state index in [4.69, 9.17) is 0 Å². The van der Waals surface area contributed by atoms with Gasteiger partial charge in [0.15, 0.2) is 7.14 Å². The molecule has 0 fully saturated rings. The van der Waals surface area contributed by atoms with Crippen molar-refractivity contribution in [2.45, 2.75) is 0 Å². The topological polar surface area (TPSA) is 25.2 Å². The van der Waals surface area contributed by atoms with Crippen molar-refractivity contribution in [2.75, 3.05) is 4.90 Å². The van der Waals surface area contributed by atoms with E-state index in [-0.39, 0.29) is 0 Å². The summed E-state index contributed by atoms with van der Waals surface area (Å²) in [6.07, 6.45) is 0. The van der Waals surface area contributed by atoms with Crippen molar-refractivity contribution < 1.29 is 4.57 Å². The van der Waals surface area contributed by atoms with E-state index in [1.54, 1.807) is 0 Å². The van der Waals surface area contributed by atoms with Crippen LogP contribution in [0.4, 0.5) is 17.1 Å². The predicted octanol–water partition coefficient (Wildman–Crippen LogP) is 12.2. The maximum Gasteiger partial charge on any atom is 0.172 e. The number of nitrogens with zero attached hydrogens (tertiary/aromatic N) is 2. The summed E-state index contributed by atoms with van der Waals surface area (Å²) >= 11 is 0. The lowest BCUT2D eigenvalue weighted by molar-refractivity contribution is 0.593. The summed E-state index contributed by atoms with van der Waals surface area (Å²) in [6.45, 7) is 0. The zero-order valence-corrected chi connectivity index (χ0v) is 30.2. The normalized spacial score (nSPS) is 14.8. The summed E-state index contributed by atoms with van der Waals surface area (Å²) in [5.41, 5.74) is 8.62. The molecule has 11 rings (SSSR count). The van der Waals surface area contributed by atoms with Gasteiger partial charge in [0.1, 0.15) is 0 Å². The van der Waals surface area contributed by atoms with Gasteiger partial charge in [-0.2, -0.15) is 0 Å². The molecule has 254 valence electrons. The first-order chi connectivity index (χ1) is 26.7. The summed E-state index contributed by atoms with van der Waals surface area (Å²) < 4.78 is 17.9. The molecule has 0 saturated heterocycles. The molecule has 0 bridgehead atoms. The highest BCUT2D eigenvalue weighted by atomic mass is 31.2. The van der Waals surface area contributed by atoms with Crippen molar-refractivity contribution in [3.05, 3.63) is 200 Å². The average Bonchev–Trinajstić information content (AvgIpc) is 3.71. The summed E-state index contributed by atoms with van der Waals surface area (Å²) in [4.78, 5) is 2.35. The van der Waals surface area contributed by atoms with Gasteiger partial charge in [-0.1, -0.05) is 140 Å². The predicted molar refractivity (Wildman–Crippen MR) is 229 cm³/mol. The molecule has 0 amide bonds. The van der Waals surface area contributed by atoms with Crippen molar-refractivity contribution in [1.29, 1.82) is 0 Å². The van der Waals surface area contributed by atoms with Crippen LogP contribution in [0.1, 0.15) is 0 Å². The number of para-hydroxylation sites is 1. The Morgan fingerprint density at radius 3 is 1.70 bits per heavy atom. The van der Waals surface area contributed by atoms with E-state index in [9.17, 15) is 0 Å². The molecule has 0 spiro atoms. The second-order valence-corrected chi connectivity index (χ2v) is 16.8. The molecule has 10 aromatic rings. The third-order valence-electron chi connectivity index (χ3n) is 11.1. The van der Waals surface area contributed by atoms with Gasteiger partial charge in [-0.05, 0) is 87.8 Å². The molecule has 1 atom stereocenters. The van der Waals surface area contributed by atoms with Crippen molar-refractivity contribution in [2.24, 2.45) is 0 Å². The number of hydrogen-bond acceptors (Lipinski definition) is 2. The van der Waals surface area contributed by atoms with E-state index in [1.165, 1.54) is 26.9 Å². The molecular formula is C50H33N2OP. The molecule has 1 aromatic heterocycles. The van der Waals surface area contributed by atoms with E-state index in [0.717, 1.165) is 66.2 Å². The second kappa shape index (κ2) is 11.9. The lowest BCUT2D eigenvalue weighted by Crippen LogP contribution is -2.20. The number of aromatic nitrogens is 1. The molecule has 1 aliphatic rings. The number of fused-ring (bicyclic) bond motifs is 9. The van der Waals surface area contributed by atoms with Gasteiger partial charge in [0.05, 0.1) is 11.0 Å². The lowest BCUT2D eigenvalue weighted by atomic mass is 10.0. The summed E-state index contributed by atoms with van der Waals surface area (Å²) in [7, 11) is -3.11. The van der Waals surface area contributed by atoms with Crippen LogP contribution in [0.15, 0.2) is 200 Å². The molecule has 1 aliphatic heterocycles. The molecule has 0 radical (unpaired) electrons. The molecule has 3 nitrogen and oxygen atoms in total. The maximum atomic E-state index is 15.5. The first kappa shape index (κ1) is 30.9. The second-order valence-electron chi connectivity index (χ2n) is 14.1. The molecule has 0 aliphatic carbocycles. The third kappa shape index (κ3) is 4.52. The van der Waals surface area contributed by atoms with Crippen LogP contribution in [0.25, 0.3) is 60.2 Å². The van der Waals surface area contributed by atoms with E-state index in [2.05, 4.69) is 173 Å². The van der Waals surface area contributed by atoms with E-state index in [0.29, 0.717) is 0 Å². The van der Waals surface area contributed by atoms with Crippen LogP contribution in [-0.2, 0) is 4.57 Å².